The molecule has 0 heterocycles. The molecule has 0 bridgehead atoms. The van der Waals surface area contributed by atoms with E-state index in [9.17, 15) is 0 Å². The third-order valence-electron chi connectivity index (χ3n) is 3.36. The van der Waals surface area contributed by atoms with Gasteiger partial charge in [0.1, 0.15) is 0 Å². The van der Waals surface area contributed by atoms with E-state index in [1.165, 1.54) is 36.8 Å². The van der Waals surface area contributed by atoms with Gasteiger partial charge in [-0.1, -0.05) is 26.7 Å². The van der Waals surface area contributed by atoms with E-state index in [4.69, 9.17) is 0 Å². The number of hydrogen-bond donors (Lipinski definition) is 0. The zero-order chi connectivity index (χ0) is 15.9. The van der Waals surface area contributed by atoms with Crippen LogP contribution in [-0.2, 0) is 26.2 Å². The predicted octanol–water partition coefficient (Wildman–Crippen LogP) is 6.41. The topological polar surface area (TPSA) is 0 Å². The molecule has 2 aliphatic rings. The Morgan fingerprint density at radius 2 is 1.52 bits per heavy atom. The maximum Gasteiger partial charge on any atom is 4.00 e. The van der Waals surface area contributed by atoms with Crippen LogP contribution in [-0.4, -0.2) is 0 Å². The Hall–Kier alpha value is -0.677. The van der Waals surface area contributed by atoms with Crippen molar-refractivity contribution in [2.75, 3.05) is 0 Å². The molecule has 0 aliphatic heterocycles. The van der Waals surface area contributed by atoms with E-state index in [0.717, 1.165) is 12.8 Å². The van der Waals surface area contributed by atoms with Crippen molar-refractivity contribution >= 4 is 0 Å². The summed E-state index contributed by atoms with van der Waals surface area (Å²) in [7, 11) is 0. The van der Waals surface area contributed by atoms with Gasteiger partial charge in [-0.2, -0.15) is 18.2 Å². The minimum absolute atomic E-state index is 0. The normalized spacial score (nSPS) is 19.0. The summed E-state index contributed by atoms with van der Waals surface area (Å²) in [6, 6.07) is 10.0. The quantitative estimate of drug-likeness (QED) is 0.517. The molecule has 0 aromatic heterocycles. The molecule has 1 aromatic rings. The van der Waals surface area contributed by atoms with Gasteiger partial charge in [0.25, 0.3) is 0 Å². The van der Waals surface area contributed by atoms with E-state index < -0.39 is 0 Å². The summed E-state index contributed by atoms with van der Waals surface area (Å²) in [6.07, 6.45) is 24.1. The molecule has 1 heteroatoms. The molecule has 120 valence electrons. The first-order valence-corrected chi connectivity index (χ1v) is 8.41. The fourth-order valence-electron chi connectivity index (χ4n) is 2.36. The zero-order valence-corrected chi connectivity index (χ0v) is 17.0. The van der Waals surface area contributed by atoms with E-state index in [-0.39, 0.29) is 26.2 Å². The summed E-state index contributed by atoms with van der Waals surface area (Å²) in [5.74, 6) is 0. The van der Waals surface area contributed by atoms with Gasteiger partial charge in [0.15, 0.2) is 0 Å². The fourth-order valence-corrected chi connectivity index (χ4v) is 2.36. The molecule has 23 heavy (non-hydrogen) atoms. The van der Waals surface area contributed by atoms with Crippen molar-refractivity contribution in [3.63, 3.8) is 0 Å². The van der Waals surface area contributed by atoms with Crippen LogP contribution < -0.4 is 0 Å². The van der Waals surface area contributed by atoms with E-state index in [2.05, 4.69) is 26.0 Å². The first kappa shape index (κ1) is 22.3. The third-order valence-corrected chi connectivity index (χ3v) is 3.36. The van der Waals surface area contributed by atoms with Crippen molar-refractivity contribution < 1.29 is 26.2 Å². The Labute approximate surface area is 163 Å². The third kappa shape index (κ3) is 11.5. The van der Waals surface area contributed by atoms with E-state index in [0.29, 0.717) is 0 Å². The van der Waals surface area contributed by atoms with Gasteiger partial charge in [0.2, 0.25) is 0 Å². The van der Waals surface area contributed by atoms with Crippen molar-refractivity contribution in [1.82, 2.24) is 0 Å². The number of hydrogen-bond acceptors (Lipinski definition) is 0. The predicted molar refractivity (Wildman–Crippen MR) is 96.6 cm³/mol. The minimum Gasteiger partial charge on any atom is -0.373 e. The van der Waals surface area contributed by atoms with Crippen LogP contribution in [0.5, 0.6) is 0 Å². The van der Waals surface area contributed by atoms with Gasteiger partial charge in [-0.25, -0.2) is 30.7 Å². The minimum atomic E-state index is 0. The summed E-state index contributed by atoms with van der Waals surface area (Å²) >= 11 is 0. The summed E-state index contributed by atoms with van der Waals surface area (Å²) in [5.41, 5.74) is 2.90. The molecule has 3 rings (SSSR count). The van der Waals surface area contributed by atoms with Crippen molar-refractivity contribution in [2.24, 2.45) is 0 Å². The molecule has 2 radical (unpaired) electrons. The molecule has 0 unspecified atom stereocenters. The van der Waals surface area contributed by atoms with Crippen molar-refractivity contribution in [3.05, 3.63) is 85.0 Å². The molecule has 0 nitrogen and oxygen atoms in total. The van der Waals surface area contributed by atoms with Gasteiger partial charge in [-0.05, 0) is 0 Å². The Morgan fingerprint density at radius 3 is 1.78 bits per heavy atom. The van der Waals surface area contributed by atoms with Gasteiger partial charge in [-0.15, -0.1) is 38.5 Å². The first-order valence-electron chi connectivity index (χ1n) is 8.41. The average Bonchev–Trinajstić information content (AvgIpc) is 3.29. The van der Waals surface area contributed by atoms with Crippen LogP contribution in [0.3, 0.4) is 0 Å². The average molecular weight is 384 g/mol. The molecule has 0 spiro atoms. The van der Waals surface area contributed by atoms with Gasteiger partial charge in [0.05, 0.1) is 0 Å². The van der Waals surface area contributed by atoms with Crippen LogP contribution >= 0.6 is 0 Å². The Kier molecular flexibility index (Phi) is 15.7. The van der Waals surface area contributed by atoms with E-state index in [1.807, 2.05) is 61.7 Å². The molecular weight excluding hydrogens is 355 g/mol. The SMILES string of the molecule is CC[C-]=C1CCCCC1=[C-]CC.[CH]1[CH][CH-]C=C1.[Zr+4].c1cc[cH-]c1. The Morgan fingerprint density at radius 1 is 0.957 bits per heavy atom. The van der Waals surface area contributed by atoms with Crippen molar-refractivity contribution in [1.29, 1.82) is 0 Å². The molecule has 0 atom stereocenters. The number of rotatable bonds is 2. The van der Waals surface area contributed by atoms with E-state index >= 15 is 0 Å². The van der Waals surface area contributed by atoms with Crippen molar-refractivity contribution in [3.8, 4) is 0 Å². The molecule has 0 N–H and O–H groups in total. The van der Waals surface area contributed by atoms with Crippen LogP contribution in [0, 0.1) is 31.4 Å². The summed E-state index contributed by atoms with van der Waals surface area (Å²) in [5, 5.41) is 0. The van der Waals surface area contributed by atoms with Gasteiger partial charge in [0, 0.05) is 0 Å². The monoisotopic (exact) mass is 382 g/mol. The molecule has 0 amide bonds. The second-order valence-electron chi connectivity index (χ2n) is 5.15. The second-order valence-corrected chi connectivity index (χ2v) is 5.15. The van der Waals surface area contributed by atoms with Crippen molar-refractivity contribution in [2.45, 2.75) is 52.4 Å². The maximum absolute atomic E-state index is 3.44. The Bertz CT molecular complexity index is 389. The van der Waals surface area contributed by atoms with Gasteiger partial charge >= 0.3 is 26.2 Å². The fraction of sp³-hybridized carbons (Fsp3) is 0.364. The Balaban J connectivity index is 0.000000362. The van der Waals surface area contributed by atoms with Gasteiger partial charge < -0.3 is 23.3 Å². The van der Waals surface area contributed by atoms with Crippen LogP contribution in [0.2, 0.25) is 0 Å². The van der Waals surface area contributed by atoms with Crippen LogP contribution in [0.25, 0.3) is 0 Å². The molecular formula is C22H28Zr. The molecule has 1 aromatic carbocycles. The van der Waals surface area contributed by atoms with E-state index in [1.54, 1.807) is 0 Å². The molecule has 1 fully saturated rings. The maximum atomic E-state index is 3.44. The van der Waals surface area contributed by atoms with Crippen LogP contribution in [0.4, 0.5) is 0 Å². The molecule has 1 saturated carbocycles. The second kappa shape index (κ2) is 16.2. The van der Waals surface area contributed by atoms with Gasteiger partial charge in [-0.3, -0.25) is 0 Å². The zero-order valence-electron chi connectivity index (χ0n) is 14.5. The smallest absolute Gasteiger partial charge is 0.373 e. The summed E-state index contributed by atoms with van der Waals surface area (Å²) in [6.45, 7) is 4.32. The summed E-state index contributed by atoms with van der Waals surface area (Å²) < 4.78 is 0. The first-order chi connectivity index (χ1) is 10.9. The molecule has 2 aliphatic carbocycles. The largest absolute Gasteiger partial charge is 4.00 e. The molecule has 0 saturated heterocycles. The van der Waals surface area contributed by atoms with Crippen LogP contribution in [0.1, 0.15) is 52.4 Å². The summed E-state index contributed by atoms with van der Waals surface area (Å²) in [4.78, 5) is 0. The van der Waals surface area contributed by atoms with Crippen LogP contribution in [0.15, 0.2) is 53.6 Å². The standard InChI is InChI=1S/C12H18.2C5H5.Zr/c1-3-7-11-9-5-6-10-12(11)8-4-2;2*1-2-4-5-3-1;/h3-6,9-10H2,1-2H3;2*1-5H;/q-2;2*-1;+4. The number of allylic oxidation sites excluding steroid dienone is 6.